The summed E-state index contributed by atoms with van der Waals surface area (Å²) in [6.07, 6.45) is -10.9. The lowest BCUT2D eigenvalue weighted by Gasteiger charge is -2.72. The van der Waals surface area contributed by atoms with Crippen LogP contribution in [0.15, 0.2) is 34.9 Å². The lowest BCUT2D eigenvalue weighted by Crippen LogP contribution is -2.72. The van der Waals surface area contributed by atoms with Crippen molar-refractivity contribution >= 4 is 17.9 Å². The predicted molar refractivity (Wildman–Crippen MR) is 244 cm³/mol. The number of esters is 2. The third kappa shape index (κ3) is 8.37. The van der Waals surface area contributed by atoms with Gasteiger partial charge in [-0.3, -0.25) is 0 Å². The van der Waals surface area contributed by atoms with E-state index in [9.17, 15) is 60.3 Å². The van der Waals surface area contributed by atoms with Crippen LogP contribution in [0.5, 0.6) is 0 Å². The number of carboxylic acid groups (broad SMARTS) is 1. The first-order valence-electron chi connectivity index (χ1n) is 24.7. The van der Waals surface area contributed by atoms with Gasteiger partial charge >= 0.3 is 17.9 Å². The molecule has 18 heteroatoms. The van der Waals surface area contributed by atoms with Crippen LogP contribution in [0.1, 0.15) is 114 Å². The summed E-state index contributed by atoms with van der Waals surface area (Å²) < 4.78 is 35.9. The van der Waals surface area contributed by atoms with Crippen molar-refractivity contribution in [2.24, 2.45) is 50.2 Å². The fourth-order valence-electron chi connectivity index (χ4n) is 14.6. The molecular weight excluding hydrogens is 901 g/mol. The first-order valence-corrected chi connectivity index (χ1v) is 24.7. The average molecular weight is 979 g/mol. The van der Waals surface area contributed by atoms with E-state index in [1.807, 2.05) is 20.8 Å². The second-order valence-corrected chi connectivity index (χ2v) is 23.0. The molecule has 0 aromatic heterocycles. The number of aliphatic carboxylic acids is 1. The molecule has 2 saturated heterocycles. The van der Waals surface area contributed by atoms with Crippen LogP contribution in [0.3, 0.4) is 0 Å². The zero-order chi connectivity index (χ0) is 51.1. The van der Waals surface area contributed by atoms with E-state index in [0.717, 1.165) is 5.57 Å². The highest BCUT2D eigenvalue weighted by atomic mass is 16.7. The maximum absolute atomic E-state index is 13.7. The zero-order valence-electron chi connectivity index (χ0n) is 41.7. The molecule has 4 saturated carbocycles. The Hall–Kier alpha value is -2.85. The van der Waals surface area contributed by atoms with E-state index in [1.54, 1.807) is 39.8 Å². The van der Waals surface area contributed by atoms with Gasteiger partial charge in [-0.2, -0.15) is 0 Å². The van der Waals surface area contributed by atoms with Gasteiger partial charge in [0.15, 0.2) is 24.8 Å². The Balaban J connectivity index is 1.20. The second-order valence-electron chi connectivity index (χ2n) is 23.0. The standard InChI is InChI=1S/C51H78O18/c1-11-24(3)42(62)68-39-40(69-43(63)25(4)12-2)51(23-53)27(19-46(39,5)6)26-13-14-30-47(7)17-16-32(48(8,22-52)29(47)15-18-49(30,9)50(26,10)20-31(51)55)65-45-36(59)37(35(58)38(67-45)41(60)61)66-44-34(57)33(56)28(54)21-64-44/h11-13,27-40,44-45,52-59H,14-23H2,1-10H3,(H,60,61)/b24-11-,25-12-/t27-,28-,29-,30+,31+,32-,33-,34+,35-,36+,37-,38-,39-,40-,44-,45+,47-,48-,49+,50+,51-/m0/s1. The summed E-state index contributed by atoms with van der Waals surface area (Å²) in [6, 6.07) is 0. The topological polar surface area (TPSA) is 289 Å². The number of hydrogen-bond acceptors (Lipinski definition) is 17. The van der Waals surface area contributed by atoms with Gasteiger partial charge in [-0.05, 0) is 107 Å². The molecule has 390 valence electrons. The van der Waals surface area contributed by atoms with Gasteiger partial charge in [0.1, 0.15) is 42.7 Å². The van der Waals surface area contributed by atoms with Crippen LogP contribution in [-0.4, -0.2) is 163 Å². The predicted octanol–water partition coefficient (Wildman–Crippen LogP) is 2.44. The second kappa shape index (κ2) is 19.2. The normalized spacial score (nSPS) is 48.7. The van der Waals surface area contributed by atoms with Crippen molar-refractivity contribution in [1.29, 1.82) is 0 Å². The van der Waals surface area contributed by atoms with E-state index in [2.05, 4.69) is 26.8 Å². The Morgan fingerprint density at radius 2 is 1.38 bits per heavy atom. The third-order valence-electron chi connectivity index (χ3n) is 19.2. The summed E-state index contributed by atoms with van der Waals surface area (Å²) in [4.78, 5) is 39.6. The molecule has 21 atom stereocenters. The minimum Gasteiger partial charge on any atom is -0.479 e. The summed E-state index contributed by atoms with van der Waals surface area (Å²) in [5, 5.41) is 99.5. The van der Waals surface area contributed by atoms with Crippen LogP contribution in [0, 0.1) is 50.2 Å². The van der Waals surface area contributed by atoms with Crippen LogP contribution >= 0.6 is 0 Å². The molecule has 9 N–H and O–H groups in total. The van der Waals surface area contributed by atoms with Crippen molar-refractivity contribution in [2.75, 3.05) is 19.8 Å². The van der Waals surface area contributed by atoms with E-state index in [1.165, 1.54) is 0 Å². The SMILES string of the molecule is C/C=C(/C)C(=O)O[C@H]1[C@H](OC(=O)/C(C)=C\C)[C@]2(CO)[C@H](O)C[C@]3(C)C(=CC[C@@H]4[C@@]5(C)CC[C@H](O[C@@H]6O[C@H](C(=O)O)[C@@H](O)[C@H](O[C@@H]7OC[C@H](O)[C@H](O)[C@H]7O)[C@H]6O)[C@@](C)(CO)[C@H]5CC[C@]43C)[C@@H]2CC1(C)C. The molecule has 0 amide bonds. The summed E-state index contributed by atoms with van der Waals surface area (Å²) in [5.41, 5.74) is -2.90. The number of carbonyl (C=O) groups is 3. The van der Waals surface area contributed by atoms with Crippen LogP contribution in [0.4, 0.5) is 0 Å². The lowest BCUT2D eigenvalue weighted by molar-refractivity contribution is -0.358. The van der Waals surface area contributed by atoms with Gasteiger partial charge in [0, 0.05) is 22.0 Å². The number of aliphatic hydroxyl groups is 8. The highest BCUT2D eigenvalue weighted by Crippen LogP contribution is 2.76. The fraction of sp³-hybridized carbons (Fsp3) is 0.824. The Bertz CT molecular complexity index is 2050. The maximum Gasteiger partial charge on any atom is 0.335 e. The Morgan fingerprint density at radius 1 is 0.754 bits per heavy atom. The van der Waals surface area contributed by atoms with Gasteiger partial charge in [0.05, 0.1) is 37.4 Å². The molecule has 2 heterocycles. The number of fused-ring (bicyclic) bond motifs is 7. The Kier molecular flexibility index (Phi) is 15.0. The molecule has 0 bridgehead atoms. The monoisotopic (exact) mass is 979 g/mol. The number of ether oxygens (including phenoxy) is 6. The van der Waals surface area contributed by atoms with Crippen LogP contribution in [0.25, 0.3) is 0 Å². The van der Waals surface area contributed by atoms with Crippen molar-refractivity contribution in [3.05, 3.63) is 34.9 Å². The summed E-state index contributed by atoms with van der Waals surface area (Å²) >= 11 is 0. The third-order valence-corrected chi connectivity index (χ3v) is 19.2. The highest BCUT2D eigenvalue weighted by Gasteiger charge is 2.74. The lowest BCUT2D eigenvalue weighted by atomic mass is 9.33. The quantitative estimate of drug-likeness (QED) is 0.0622. The smallest absolute Gasteiger partial charge is 0.335 e. The first-order chi connectivity index (χ1) is 32.2. The molecule has 5 aliphatic carbocycles. The summed E-state index contributed by atoms with van der Waals surface area (Å²) in [6.45, 7) is 18.0. The van der Waals surface area contributed by atoms with E-state index in [-0.39, 0.29) is 24.9 Å². The van der Waals surface area contributed by atoms with Crippen molar-refractivity contribution < 1.29 is 88.8 Å². The largest absolute Gasteiger partial charge is 0.479 e. The molecule has 2 aliphatic heterocycles. The minimum atomic E-state index is -1.96. The van der Waals surface area contributed by atoms with Crippen LogP contribution < -0.4 is 0 Å². The molecule has 6 fully saturated rings. The zero-order valence-corrected chi connectivity index (χ0v) is 41.7. The molecular formula is C51H78O18. The number of carboxylic acids is 1. The van der Waals surface area contributed by atoms with Gasteiger partial charge in [-0.25, -0.2) is 14.4 Å². The number of aliphatic hydroxyl groups excluding tert-OH is 8. The van der Waals surface area contributed by atoms with E-state index in [0.29, 0.717) is 49.7 Å². The molecule has 0 unspecified atom stereocenters. The molecule has 0 radical (unpaired) electrons. The maximum atomic E-state index is 13.7. The van der Waals surface area contributed by atoms with Gasteiger partial charge in [0.25, 0.3) is 0 Å². The van der Waals surface area contributed by atoms with Gasteiger partial charge in [-0.1, -0.05) is 65.3 Å². The molecule has 0 aromatic rings. The van der Waals surface area contributed by atoms with Gasteiger partial charge in [0.2, 0.25) is 0 Å². The van der Waals surface area contributed by atoms with E-state index in [4.69, 9.17) is 28.4 Å². The number of hydrogen-bond donors (Lipinski definition) is 9. The van der Waals surface area contributed by atoms with Crippen molar-refractivity contribution in [3.63, 3.8) is 0 Å². The molecule has 7 aliphatic rings. The molecule has 69 heavy (non-hydrogen) atoms. The van der Waals surface area contributed by atoms with Crippen molar-refractivity contribution in [2.45, 2.75) is 194 Å². The van der Waals surface area contributed by atoms with Crippen molar-refractivity contribution in [1.82, 2.24) is 0 Å². The Labute approximate surface area is 404 Å². The number of allylic oxidation sites excluding steroid dienone is 4. The van der Waals surface area contributed by atoms with Gasteiger partial charge in [-0.15, -0.1) is 0 Å². The average Bonchev–Trinajstić information content (AvgIpc) is 3.29. The molecule has 0 aromatic carbocycles. The molecule has 7 rings (SSSR count). The minimum absolute atomic E-state index is 0.00913. The highest BCUT2D eigenvalue weighted by molar-refractivity contribution is 5.89. The summed E-state index contributed by atoms with van der Waals surface area (Å²) in [5.74, 6) is -3.43. The number of carbonyl (C=O) groups excluding carboxylic acids is 2. The first kappa shape index (κ1) is 53.9. The van der Waals surface area contributed by atoms with E-state index < -0.39 is 149 Å². The van der Waals surface area contributed by atoms with Crippen molar-refractivity contribution in [3.8, 4) is 0 Å². The van der Waals surface area contributed by atoms with Crippen LogP contribution in [0.2, 0.25) is 0 Å². The van der Waals surface area contributed by atoms with E-state index >= 15 is 0 Å². The molecule has 18 nitrogen and oxygen atoms in total. The van der Waals surface area contributed by atoms with Crippen LogP contribution in [-0.2, 0) is 42.8 Å². The van der Waals surface area contributed by atoms with Gasteiger partial charge < -0.3 is 74.4 Å². The fourth-order valence-corrected chi connectivity index (χ4v) is 14.6. The Morgan fingerprint density at radius 3 is 1.96 bits per heavy atom. The summed E-state index contributed by atoms with van der Waals surface area (Å²) in [7, 11) is 0. The molecule has 0 spiro atoms. The number of rotatable bonds is 11.